The molecule has 1 amide bonds. The van der Waals surface area contributed by atoms with Crippen molar-refractivity contribution in [3.05, 3.63) is 51.6 Å². The molecular formula is C18H18INO4. The van der Waals surface area contributed by atoms with Gasteiger partial charge in [-0.25, -0.2) is 0 Å². The van der Waals surface area contributed by atoms with Gasteiger partial charge in [0, 0.05) is 15.3 Å². The number of hydrogen-bond donors (Lipinski definition) is 1. The van der Waals surface area contributed by atoms with Crippen LogP contribution in [-0.2, 0) is 4.79 Å². The van der Waals surface area contributed by atoms with E-state index < -0.39 is 0 Å². The second kappa shape index (κ2) is 8.58. The number of nitrogens with one attached hydrogen (secondary N) is 1. The van der Waals surface area contributed by atoms with Gasteiger partial charge in [-0.15, -0.1) is 0 Å². The zero-order valence-corrected chi connectivity index (χ0v) is 15.8. The molecule has 0 aliphatic heterocycles. The fourth-order valence-electron chi connectivity index (χ4n) is 2.09. The molecule has 0 unspecified atom stereocenters. The molecule has 0 saturated carbocycles. The van der Waals surface area contributed by atoms with Crippen molar-refractivity contribution in [3.63, 3.8) is 0 Å². The van der Waals surface area contributed by atoms with Crippen molar-refractivity contribution >= 4 is 40.3 Å². The molecule has 5 nitrogen and oxygen atoms in total. The first-order chi connectivity index (χ1) is 11.6. The summed E-state index contributed by atoms with van der Waals surface area (Å²) in [5.41, 5.74) is 1.51. The highest BCUT2D eigenvalue weighted by Crippen LogP contribution is 2.38. The molecule has 2 aromatic carbocycles. The van der Waals surface area contributed by atoms with Crippen LogP contribution in [0, 0.1) is 3.57 Å². The summed E-state index contributed by atoms with van der Waals surface area (Å²) >= 11 is 2.21. The number of hydrogen-bond acceptors (Lipinski definition) is 4. The highest BCUT2D eigenvalue weighted by atomic mass is 127. The number of carbonyl (C=O) groups excluding carboxylic acids is 1. The smallest absolute Gasteiger partial charge is 0.248 e. The molecular weight excluding hydrogens is 421 g/mol. The third-order valence-corrected chi connectivity index (χ3v) is 3.95. The zero-order chi connectivity index (χ0) is 17.5. The molecule has 0 spiro atoms. The molecule has 2 rings (SSSR count). The molecule has 2 aromatic rings. The number of ether oxygens (including phenoxy) is 3. The van der Waals surface area contributed by atoms with Gasteiger partial charge in [-0.05, 0) is 70.6 Å². The third kappa shape index (κ3) is 4.64. The standard InChI is InChI=1S/C18H18INO4/c1-22-15-10-12(11-16(23-2)18(15)24-3)4-9-17(21)20-14-7-5-13(19)6-8-14/h4-11H,1-3H3,(H,20,21). The summed E-state index contributed by atoms with van der Waals surface area (Å²) in [6.07, 6.45) is 3.14. The van der Waals surface area contributed by atoms with E-state index in [-0.39, 0.29) is 5.91 Å². The summed E-state index contributed by atoms with van der Waals surface area (Å²) < 4.78 is 17.0. The van der Waals surface area contributed by atoms with E-state index in [2.05, 4.69) is 27.9 Å². The van der Waals surface area contributed by atoms with Crippen LogP contribution in [0.4, 0.5) is 5.69 Å². The first-order valence-corrected chi connectivity index (χ1v) is 8.20. The number of anilines is 1. The molecule has 0 radical (unpaired) electrons. The molecule has 0 aliphatic rings. The molecule has 6 heteroatoms. The van der Waals surface area contributed by atoms with Crippen molar-refractivity contribution in [3.8, 4) is 17.2 Å². The quantitative estimate of drug-likeness (QED) is 0.547. The Labute approximate surface area is 154 Å². The Morgan fingerprint density at radius 3 is 2.08 bits per heavy atom. The van der Waals surface area contributed by atoms with Crippen LogP contribution in [0.5, 0.6) is 17.2 Å². The highest BCUT2D eigenvalue weighted by Gasteiger charge is 2.12. The molecule has 1 N–H and O–H groups in total. The van der Waals surface area contributed by atoms with E-state index in [1.807, 2.05) is 24.3 Å². The van der Waals surface area contributed by atoms with Crippen molar-refractivity contribution in [2.75, 3.05) is 26.6 Å². The van der Waals surface area contributed by atoms with Crippen LogP contribution in [0.2, 0.25) is 0 Å². The summed E-state index contributed by atoms with van der Waals surface area (Å²) in [6, 6.07) is 11.1. The summed E-state index contributed by atoms with van der Waals surface area (Å²) in [5, 5.41) is 2.80. The van der Waals surface area contributed by atoms with E-state index in [1.54, 1.807) is 39.5 Å². The molecule has 0 atom stereocenters. The molecule has 0 aromatic heterocycles. The predicted octanol–water partition coefficient (Wildman–Crippen LogP) is 3.97. The molecule has 0 saturated heterocycles. The van der Waals surface area contributed by atoms with Gasteiger partial charge in [0.15, 0.2) is 11.5 Å². The number of methoxy groups -OCH3 is 3. The minimum absolute atomic E-state index is 0.218. The van der Waals surface area contributed by atoms with Crippen LogP contribution in [0.3, 0.4) is 0 Å². The van der Waals surface area contributed by atoms with Crippen LogP contribution in [0.15, 0.2) is 42.5 Å². The Morgan fingerprint density at radius 1 is 1.00 bits per heavy atom. The van der Waals surface area contributed by atoms with Crippen LogP contribution in [0.25, 0.3) is 6.08 Å². The second-order valence-corrected chi connectivity index (χ2v) is 6.03. The lowest BCUT2D eigenvalue weighted by Crippen LogP contribution is -2.07. The van der Waals surface area contributed by atoms with Gasteiger partial charge in [-0.1, -0.05) is 0 Å². The minimum atomic E-state index is -0.218. The summed E-state index contributed by atoms with van der Waals surface area (Å²) in [7, 11) is 4.65. The molecule has 24 heavy (non-hydrogen) atoms. The fraction of sp³-hybridized carbons (Fsp3) is 0.167. The molecule has 0 fully saturated rings. The van der Waals surface area contributed by atoms with Crippen LogP contribution in [-0.4, -0.2) is 27.2 Å². The topological polar surface area (TPSA) is 56.8 Å². The fourth-order valence-corrected chi connectivity index (χ4v) is 2.45. The average Bonchev–Trinajstić information content (AvgIpc) is 2.60. The maximum Gasteiger partial charge on any atom is 0.248 e. The molecule has 0 heterocycles. The van der Waals surface area contributed by atoms with E-state index in [0.717, 1.165) is 14.8 Å². The average molecular weight is 439 g/mol. The summed E-state index contributed by atoms with van der Waals surface area (Å²) in [5.74, 6) is 1.37. The summed E-state index contributed by atoms with van der Waals surface area (Å²) in [6.45, 7) is 0. The maximum absolute atomic E-state index is 12.0. The normalized spacial score (nSPS) is 10.5. The van der Waals surface area contributed by atoms with Gasteiger partial charge in [-0.3, -0.25) is 4.79 Å². The van der Waals surface area contributed by atoms with E-state index in [1.165, 1.54) is 6.08 Å². The van der Waals surface area contributed by atoms with Gasteiger partial charge in [0.1, 0.15) is 0 Å². The van der Waals surface area contributed by atoms with Crippen molar-refractivity contribution in [1.82, 2.24) is 0 Å². The van der Waals surface area contributed by atoms with Crippen molar-refractivity contribution in [2.24, 2.45) is 0 Å². The first kappa shape index (κ1) is 18.1. The Hall–Kier alpha value is -2.22. The number of amides is 1. The lowest BCUT2D eigenvalue weighted by Gasteiger charge is -2.12. The number of rotatable bonds is 6. The van der Waals surface area contributed by atoms with E-state index in [4.69, 9.17) is 14.2 Å². The third-order valence-electron chi connectivity index (χ3n) is 3.23. The highest BCUT2D eigenvalue weighted by molar-refractivity contribution is 14.1. The van der Waals surface area contributed by atoms with Gasteiger partial charge in [0.25, 0.3) is 0 Å². The predicted molar refractivity (Wildman–Crippen MR) is 103 cm³/mol. The van der Waals surface area contributed by atoms with Gasteiger partial charge >= 0.3 is 0 Å². The van der Waals surface area contributed by atoms with Crippen molar-refractivity contribution in [1.29, 1.82) is 0 Å². The Balaban J connectivity index is 2.15. The maximum atomic E-state index is 12.0. The van der Waals surface area contributed by atoms with Gasteiger partial charge in [0.05, 0.1) is 21.3 Å². The lowest BCUT2D eigenvalue weighted by atomic mass is 10.1. The van der Waals surface area contributed by atoms with Gasteiger partial charge < -0.3 is 19.5 Å². The summed E-state index contributed by atoms with van der Waals surface area (Å²) in [4.78, 5) is 12.0. The van der Waals surface area contributed by atoms with Gasteiger partial charge in [0.2, 0.25) is 11.7 Å². The van der Waals surface area contributed by atoms with E-state index in [0.29, 0.717) is 17.2 Å². The van der Waals surface area contributed by atoms with E-state index >= 15 is 0 Å². The SMILES string of the molecule is COc1cc(C=CC(=O)Nc2ccc(I)cc2)cc(OC)c1OC. The minimum Gasteiger partial charge on any atom is -0.493 e. The molecule has 126 valence electrons. The molecule has 0 bridgehead atoms. The number of halogens is 1. The molecule has 0 aliphatic carbocycles. The van der Waals surface area contributed by atoms with Crippen LogP contribution >= 0.6 is 22.6 Å². The number of benzene rings is 2. The zero-order valence-electron chi connectivity index (χ0n) is 13.6. The van der Waals surface area contributed by atoms with E-state index in [9.17, 15) is 4.79 Å². The lowest BCUT2D eigenvalue weighted by molar-refractivity contribution is -0.111. The Bertz CT molecular complexity index is 716. The largest absolute Gasteiger partial charge is 0.493 e. The second-order valence-electron chi connectivity index (χ2n) is 4.79. The Morgan fingerprint density at radius 2 is 1.58 bits per heavy atom. The first-order valence-electron chi connectivity index (χ1n) is 7.12. The van der Waals surface area contributed by atoms with Crippen molar-refractivity contribution in [2.45, 2.75) is 0 Å². The van der Waals surface area contributed by atoms with Crippen LogP contribution in [0.1, 0.15) is 5.56 Å². The Kier molecular flexibility index (Phi) is 6.48. The van der Waals surface area contributed by atoms with Crippen molar-refractivity contribution < 1.29 is 19.0 Å². The monoisotopic (exact) mass is 439 g/mol. The van der Waals surface area contributed by atoms with Gasteiger partial charge in [-0.2, -0.15) is 0 Å². The van der Waals surface area contributed by atoms with Crippen LogP contribution < -0.4 is 19.5 Å². The number of carbonyl (C=O) groups is 1.